The monoisotopic (exact) mass is 206 g/mol. The second-order valence-corrected chi connectivity index (χ2v) is 2.44. The lowest BCUT2D eigenvalue weighted by molar-refractivity contribution is 0.245. The van der Waals surface area contributed by atoms with E-state index in [0.29, 0.717) is 12.1 Å². The molecule has 74 valence electrons. The summed E-state index contributed by atoms with van der Waals surface area (Å²) in [6.07, 6.45) is 0. The maximum atomic E-state index is 10.4. The zero-order valence-corrected chi connectivity index (χ0v) is 7.31. The highest BCUT2D eigenvalue weighted by molar-refractivity contribution is 7.73. The summed E-state index contributed by atoms with van der Waals surface area (Å²) in [6.45, 7) is 3.91. The van der Waals surface area contributed by atoms with Gasteiger partial charge in [-0.05, 0) is 0 Å². The Hall–Kier alpha value is -1.25. The molecule has 0 spiro atoms. The van der Waals surface area contributed by atoms with Gasteiger partial charge in [0.15, 0.2) is 0 Å². The summed E-state index contributed by atoms with van der Waals surface area (Å²) in [5.74, 6) is 0.110. The maximum Gasteiger partial charge on any atom is 0.320 e. The van der Waals surface area contributed by atoms with Crippen molar-refractivity contribution in [1.82, 2.24) is 10.6 Å². The van der Waals surface area contributed by atoms with Crippen LogP contribution in [0.1, 0.15) is 0 Å². The van der Waals surface area contributed by atoms with E-state index in [2.05, 4.69) is 17.2 Å². The second kappa shape index (κ2) is 5.41. The topological polar surface area (TPSA) is 125 Å². The molecule has 0 radical (unpaired) electrons. The van der Waals surface area contributed by atoms with E-state index in [-0.39, 0.29) is 11.9 Å². The molecule has 4 N–H and O–H groups in total. The predicted molar refractivity (Wildman–Crippen MR) is 44.9 cm³/mol. The van der Waals surface area contributed by atoms with Crippen LogP contribution in [-0.4, -0.2) is 31.7 Å². The number of hydrogen-bond donors (Lipinski definition) is 4. The first-order chi connectivity index (χ1) is 5.93. The SMILES string of the molecule is C=C1CNC(=O)NC1=N.O=S([O-])O. The average Bonchev–Trinajstić information content (AvgIpc) is 1.96. The first kappa shape index (κ1) is 11.8. The molecule has 8 heteroatoms. The van der Waals surface area contributed by atoms with Gasteiger partial charge in [-0.2, -0.15) is 0 Å². The molecule has 1 atom stereocenters. The van der Waals surface area contributed by atoms with Gasteiger partial charge < -0.3 is 14.4 Å². The Morgan fingerprint density at radius 3 is 2.46 bits per heavy atom. The number of nitrogens with one attached hydrogen (secondary N) is 3. The smallest absolute Gasteiger partial charge is 0.320 e. The van der Waals surface area contributed by atoms with Gasteiger partial charge in [-0.3, -0.25) is 10.7 Å². The number of amidine groups is 1. The highest BCUT2D eigenvalue weighted by atomic mass is 32.2. The Balaban J connectivity index is 0.000000310. The molecule has 1 aliphatic rings. The van der Waals surface area contributed by atoms with Gasteiger partial charge in [0.05, 0.1) is 11.4 Å². The van der Waals surface area contributed by atoms with E-state index in [0.717, 1.165) is 0 Å². The summed E-state index contributed by atoms with van der Waals surface area (Å²) in [4.78, 5) is 10.4. The molecule has 1 fully saturated rings. The van der Waals surface area contributed by atoms with Crippen molar-refractivity contribution < 1.29 is 18.1 Å². The van der Waals surface area contributed by atoms with Crippen molar-refractivity contribution in [3.63, 3.8) is 0 Å². The number of urea groups is 1. The van der Waals surface area contributed by atoms with Gasteiger partial charge in [-0.25, -0.2) is 9.00 Å². The van der Waals surface area contributed by atoms with E-state index in [1.54, 1.807) is 0 Å². The molecular formula is C5H8N3O4S-. The Morgan fingerprint density at radius 2 is 2.15 bits per heavy atom. The van der Waals surface area contributed by atoms with Crippen LogP contribution >= 0.6 is 0 Å². The zero-order valence-electron chi connectivity index (χ0n) is 6.49. The summed E-state index contributed by atoms with van der Waals surface area (Å²) in [7, 11) is 0. The molecule has 1 saturated heterocycles. The van der Waals surface area contributed by atoms with Gasteiger partial charge in [-0.15, -0.1) is 0 Å². The summed E-state index contributed by atoms with van der Waals surface area (Å²) in [6, 6.07) is -0.326. The van der Waals surface area contributed by atoms with Crippen LogP contribution in [0, 0.1) is 5.41 Å². The fraction of sp³-hybridized carbons (Fsp3) is 0.200. The molecule has 2 amide bonds. The molecule has 0 aromatic rings. The van der Waals surface area contributed by atoms with E-state index in [1.807, 2.05) is 0 Å². The predicted octanol–water partition coefficient (Wildman–Crippen LogP) is -0.829. The van der Waals surface area contributed by atoms with E-state index >= 15 is 0 Å². The third-order valence-corrected chi connectivity index (χ3v) is 1.05. The molecule has 0 aliphatic carbocycles. The van der Waals surface area contributed by atoms with Crippen molar-refractivity contribution in [3.05, 3.63) is 12.2 Å². The first-order valence-electron chi connectivity index (χ1n) is 3.03. The minimum absolute atomic E-state index is 0.110. The lowest BCUT2D eigenvalue weighted by Gasteiger charge is -2.15. The van der Waals surface area contributed by atoms with Crippen molar-refractivity contribution in [2.45, 2.75) is 0 Å². The molecule has 7 nitrogen and oxygen atoms in total. The molecule has 0 saturated carbocycles. The minimum Gasteiger partial charge on any atom is -0.750 e. The second-order valence-electron chi connectivity index (χ2n) is 2.00. The Labute approximate surface area is 76.8 Å². The highest BCUT2D eigenvalue weighted by Gasteiger charge is 2.12. The quantitative estimate of drug-likeness (QED) is 0.386. The van der Waals surface area contributed by atoms with Crippen LogP contribution in [-0.2, 0) is 11.4 Å². The normalized spacial score (nSPS) is 17.8. The third kappa shape index (κ3) is 5.96. The van der Waals surface area contributed by atoms with E-state index < -0.39 is 11.4 Å². The summed E-state index contributed by atoms with van der Waals surface area (Å²) in [5, 5.41) is 11.8. The van der Waals surface area contributed by atoms with Crippen LogP contribution < -0.4 is 10.6 Å². The van der Waals surface area contributed by atoms with Crippen LogP contribution in [0.5, 0.6) is 0 Å². The molecule has 1 heterocycles. The first-order valence-corrected chi connectivity index (χ1v) is 4.06. The Bertz CT molecular complexity index is 261. The highest BCUT2D eigenvalue weighted by Crippen LogP contribution is 1.92. The summed E-state index contributed by atoms with van der Waals surface area (Å²) < 4.78 is 24.1. The average molecular weight is 206 g/mol. The van der Waals surface area contributed by atoms with Crippen molar-refractivity contribution in [2.75, 3.05) is 6.54 Å². The van der Waals surface area contributed by atoms with Gasteiger partial charge in [0.1, 0.15) is 5.84 Å². The van der Waals surface area contributed by atoms with Gasteiger partial charge in [0.2, 0.25) is 0 Å². The molecular weight excluding hydrogens is 198 g/mol. The zero-order chi connectivity index (χ0) is 10.4. The molecule has 0 aromatic heterocycles. The van der Waals surface area contributed by atoms with Crippen LogP contribution in [0.25, 0.3) is 0 Å². The third-order valence-electron chi connectivity index (χ3n) is 1.05. The van der Waals surface area contributed by atoms with Crippen molar-refractivity contribution in [3.8, 4) is 0 Å². The lowest BCUT2D eigenvalue weighted by Crippen LogP contribution is -2.47. The number of amides is 2. The van der Waals surface area contributed by atoms with E-state index in [9.17, 15) is 4.79 Å². The maximum absolute atomic E-state index is 10.4. The fourth-order valence-corrected chi connectivity index (χ4v) is 0.521. The minimum atomic E-state index is -2.86. The van der Waals surface area contributed by atoms with Gasteiger partial charge >= 0.3 is 6.03 Å². The van der Waals surface area contributed by atoms with E-state index in [1.165, 1.54) is 0 Å². The number of hydrogen-bond acceptors (Lipinski definition) is 4. The number of carbonyl (C=O) groups is 1. The number of carbonyl (C=O) groups excluding carboxylic acids is 1. The van der Waals surface area contributed by atoms with Crippen molar-refractivity contribution in [1.29, 1.82) is 5.41 Å². The van der Waals surface area contributed by atoms with Crippen LogP contribution in [0.15, 0.2) is 12.2 Å². The van der Waals surface area contributed by atoms with Gasteiger partial charge in [-0.1, -0.05) is 6.58 Å². The Kier molecular flexibility index (Phi) is 4.89. The molecule has 13 heavy (non-hydrogen) atoms. The molecule has 0 aromatic carbocycles. The van der Waals surface area contributed by atoms with Gasteiger partial charge in [0, 0.05) is 12.1 Å². The van der Waals surface area contributed by atoms with Crippen LogP contribution in [0.4, 0.5) is 4.79 Å². The molecule has 1 aliphatic heterocycles. The summed E-state index contributed by atoms with van der Waals surface area (Å²) in [5.41, 5.74) is 0.606. The lowest BCUT2D eigenvalue weighted by atomic mass is 10.2. The Morgan fingerprint density at radius 1 is 1.69 bits per heavy atom. The largest absolute Gasteiger partial charge is 0.750 e. The van der Waals surface area contributed by atoms with Crippen molar-refractivity contribution >= 4 is 23.2 Å². The molecule has 1 unspecified atom stereocenters. The van der Waals surface area contributed by atoms with E-state index in [4.69, 9.17) is 18.7 Å². The molecule has 0 bridgehead atoms. The van der Waals surface area contributed by atoms with Gasteiger partial charge in [0.25, 0.3) is 0 Å². The fourth-order valence-electron chi connectivity index (χ4n) is 0.521. The van der Waals surface area contributed by atoms with Crippen molar-refractivity contribution in [2.24, 2.45) is 0 Å². The van der Waals surface area contributed by atoms with Crippen LogP contribution in [0.3, 0.4) is 0 Å². The van der Waals surface area contributed by atoms with Crippen LogP contribution in [0.2, 0.25) is 0 Å². The molecule has 1 rings (SSSR count). The number of rotatable bonds is 0. The summed E-state index contributed by atoms with van der Waals surface area (Å²) >= 11 is -2.86. The standard InChI is InChI=1S/C5H7N3O.H2O3S/c1-3-2-7-5(9)8-4(3)6;1-4(2)3/h1-2H2,(H3,6,7,8,9);(H2,1,2,3)/p-1.